The number of carbonyl (C=O) groups excluding carboxylic acids is 2. The molecule has 0 radical (unpaired) electrons. The van der Waals surface area contributed by atoms with E-state index in [1.165, 1.54) is 7.11 Å². The standard InChI is InChI=1S/C13H16BrNO4/c1-18-12(16)7-4-8-15-13(17)10-5-2-3-6-11(10)19-9-14/h2-3,5-6H,4,7-9H2,1H3,(H,15,17). The molecular weight excluding hydrogens is 314 g/mol. The second-order valence-electron chi connectivity index (χ2n) is 3.69. The molecule has 104 valence electrons. The van der Waals surface area contributed by atoms with E-state index in [4.69, 9.17) is 4.74 Å². The molecule has 1 aromatic carbocycles. The molecule has 19 heavy (non-hydrogen) atoms. The SMILES string of the molecule is COC(=O)CCCNC(=O)c1ccccc1OCBr. The molecule has 1 aromatic rings. The Morgan fingerprint density at radius 2 is 2.05 bits per heavy atom. The van der Waals surface area contributed by atoms with Gasteiger partial charge in [0.15, 0.2) is 0 Å². The van der Waals surface area contributed by atoms with E-state index in [1.54, 1.807) is 24.3 Å². The van der Waals surface area contributed by atoms with E-state index >= 15 is 0 Å². The zero-order valence-corrected chi connectivity index (χ0v) is 12.2. The zero-order valence-electron chi connectivity index (χ0n) is 10.6. The van der Waals surface area contributed by atoms with Crippen LogP contribution in [0.3, 0.4) is 0 Å². The fraction of sp³-hybridized carbons (Fsp3) is 0.385. The van der Waals surface area contributed by atoms with Crippen molar-refractivity contribution in [3.05, 3.63) is 29.8 Å². The molecule has 5 nitrogen and oxygen atoms in total. The highest BCUT2D eigenvalue weighted by Gasteiger charge is 2.11. The molecule has 1 amide bonds. The Morgan fingerprint density at radius 1 is 1.32 bits per heavy atom. The first-order valence-electron chi connectivity index (χ1n) is 5.82. The average molecular weight is 330 g/mol. The summed E-state index contributed by atoms with van der Waals surface area (Å²) >= 11 is 3.15. The maximum absolute atomic E-state index is 11.9. The third-order valence-corrected chi connectivity index (χ3v) is 2.64. The molecule has 0 spiro atoms. The average Bonchev–Trinajstić information content (AvgIpc) is 2.44. The summed E-state index contributed by atoms with van der Waals surface area (Å²) in [6.45, 7) is 0.413. The summed E-state index contributed by atoms with van der Waals surface area (Å²) in [5, 5.41) is 2.74. The van der Waals surface area contributed by atoms with Crippen molar-refractivity contribution >= 4 is 27.8 Å². The number of carbonyl (C=O) groups is 2. The van der Waals surface area contributed by atoms with Crippen molar-refractivity contribution in [3.63, 3.8) is 0 Å². The lowest BCUT2D eigenvalue weighted by Gasteiger charge is -2.09. The van der Waals surface area contributed by atoms with Gasteiger partial charge in [0, 0.05) is 13.0 Å². The number of nitrogens with one attached hydrogen (secondary N) is 1. The number of methoxy groups -OCH3 is 1. The summed E-state index contributed by atoms with van der Waals surface area (Å²) in [6.07, 6.45) is 0.830. The zero-order chi connectivity index (χ0) is 14.1. The van der Waals surface area contributed by atoms with Crippen LogP contribution in [0.15, 0.2) is 24.3 Å². The quantitative estimate of drug-likeness (QED) is 0.472. The van der Waals surface area contributed by atoms with E-state index in [0.29, 0.717) is 29.8 Å². The van der Waals surface area contributed by atoms with Crippen molar-refractivity contribution in [2.75, 3.05) is 19.2 Å². The van der Waals surface area contributed by atoms with Crippen LogP contribution in [0.5, 0.6) is 5.75 Å². The van der Waals surface area contributed by atoms with Crippen molar-refractivity contribution in [2.45, 2.75) is 12.8 Å². The molecule has 0 fully saturated rings. The predicted octanol–water partition coefficient (Wildman–Crippen LogP) is 2.10. The summed E-state index contributed by atoms with van der Waals surface area (Å²) in [6, 6.07) is 6.98. The predicted molar refractivity (Wildman–Crippen MR) is 74.4 cm³/mol. The highest BCUT2D eigenvalue weighted by molar-refractivity contribution is 9.09. The number of halogens is 1. The molecule has 0 aliphatic rings. The molecule has 0 saturated heterocycles. The first-order chi connectivity index (χ1) is 9.19. The molecule has 1 rings (SSSR count). The van der Waals surface area contributed by atoms with Gasteiger partial charge >= 0.3 is 5.97 Å². The molecule has 0 aromatic heterocycles. The molecule has 0 aliphatic heterocycles. The number of ether oxygens (including phenoxy) is 2. The minimum absolute atomic E-state index is 0.221. The summed E-state index contributed by atoms with van der Waals surface area (Å²) in [4.78, 5) is 22.8. The molecular formula is C13H16BrNO4. The first kappa shape index (κ1) is 15.5. The molecule has 0 unspecified atom stereocenters. The molecule has 1 N–H and O–H groups in total. The number of esters is 1. The van der Waals surface area contributed by atoms with Crippen LogP contribution in [-0.2, 0) is 9.53 Å². The van der Waals surface area contributed by atoms with Crippen LogP contribution in [0.2, 0.25) is 0 Å². The van der Waals surface area contributed by atoms with Crippen molar-refractivity contribution in [2.24, 2.45) is 0 Å². The van der Waals surface area contributed by atoms with Crippen LogP contribution in [0.4, 0.5) is 0 Å². The van der Waals surface area contributed by atoms with Gasteiger partial charge in [0.05, 0.1) is 12.7 Å². The highest BCUT2D eigenvalue weighted by atomic mass is 79.9. The molecule has 6 heteroatoms. The Balaban J connectivity index is 2.47. The number of benzene rings is 1. The Bertz CT molecular complexity index is 436. The van der Waals surface area contributed by atoms with Gasteiger partial charge in [-0.2, -0.15) is 0 Å². The van der Waals surface area contributed by atoms with Crippen molar-refractivity contribution in [1.29, 1.82) is 0 Å². The maximum atomic E-state index is 11.9. The van der Waals surface area contributed by atoms with Crippen LogP contribution in [0, 0.1) is 0 Å². The van der Waals surface area contributed by atoms with Gasteiger partial charge in [0.1, 0.15) is 11.3 Å². The number of amides is 1. The lowest BCUT2D eigenvalue weighted by molar-refractivity contribution is -0.140. The molecule has 0 heterocycles. The topological polar surface area (TPSA) is 64.6 Å². The van der Waals surface area contributed by atoms with E-state index in [9.17, 15) is 9.59 Å². The molecule has 0 aliphatic carbocycles. The third kappa shape index (κ3) is 5.30. The van der Waals surface area contributed by atoms with Gasteiger partial charge in [0.25, 0.3) is 5.91 Å². The largest absolute Gasteiger partial charge is 0.482 e. The first-order valence-corrected chi connectivity index (χ1v) is 6.94. The Kier molecular flexibility index (Phi) is 6.95. The van der Waals surface area contributed by atoms with E-state index in [1.807, 2.05) is 0 Å². The Labute approximate surface area is 120 Å². The van der Waals surface area contributed by atoms with Crippen molar-refractivity contribution < 1.29 is 19.1 Å². The van der Waals surface area contributed by atoms with E-state index in [0.717, 1.165) is 0 Å². The smallest absolute Gasteiger partial charge is 0.305 e. The summed E-state index contributed by atoms with van der Waals surface area (Å²) in [5.74, 6) is 0.0172. The van der Waals surface area contributed by atoms with Gasteiger partial charge in [-0.1, -0.05) is 12.1 Å². The lowest BCUT2D eigenvalue weighted by Crippen LogP contribution is -2.25. The molecule has 0 bridgehead atoms. The second-order valence-corrected chi connectivity index (χ2v) is 4.14. The van der Waals surface area contributed by atoms with Crippen LogP contribution >= 0.6 is 15.9 Å². The lowest BCUT2D eigenvalue weighted by atomic mass is 10.2. The van der Waals surface area contributed by atoms with Gasteiger partial charge in [-0.3, -0.25) is 9.59 Å². The van der Waals surface area contributed by atoms with E-state index in [2.05, 4.69) is 26.0 Å². The molecule has 0 saturated carbocycles. The molecule has 0 atom stereocenters. The number of alkyl halides is 1. The monoisotopic (exact) mass is 329 g/mol. The number of hydrogen-bond donors (Lipinski definition) is 1. The summed E-state index contributed by atoms with van der Waals surface area (Å²) < 4.78 is 9.82. The maximum Gasteiger partial charge on any atom is 0.305 e. The van der Waals surface area contributed by atoms with Crippen molar-refractivity contribution in [1.82, 2.24) is 5.32 Å². The fourth-order valence-corrected chi connectivity index (χ4v) is 1.72. The van der Waals surface area contributed by atoms with E-state index in [-0.39, 0.29) is 18.3 Å². The van der Waals surface area contributed by atoms with Crippen LogP contribution in [0.1, 0.15) is 23.2 Å². The van der Waals surface area contributed by atoms with E-state index < -0.39 is 0 Å². The fourth-order valence-electron chi connectivity index (χ4n) is 1.47. The van der Waals surface area contributed by atoms with Gasteiger partial charge in [-0.25, -0.2) is 0 Å². The Hall–Kier alpha value is -1.56. The number of rotatable bonds is 7. The number of hydrogen-bond acceptors (Lipinski definition) is 4. The normalized spacial score (nSPS) is 9.79. The highest BCUT2D eigenvalue weighted by Crippen LogP contribution is 2.18. The minimum atomic E-state index is -0.280. The van der Waals surface area contributed by atoms with Gasteiger partial charge in [-0.15, -0.1) is 0 Å². The van der Waals surface area contributed by atoms with Crippen LogP contribution < -0.4 is 10.1 Å². The summed E-state index contributed by atoms with van der Waals surface area (Å²) in [5.41, 5.74) is 0.791. The number of para-hydroxylation sites is 1. The summed E-state index contributed by atoms with van der Waals surface area (Å²) in [7, 11) is 1.34. The van der Waals surface area contributed by atoms with Gasteiger partial charge < -0.3 is 14.8 Å². The van der Waals surface area contributed by atoms with Gasteiger partial charge in [0.2, 0.25) is 0 Å². The van der Waals surface area contributed by atoms with Gasteiger partial charge in [-0.05, 0) is 34.5 Å². The van der Waals surface area contributed by atoms with Crippen LogP contribution in [-0.4, -0.2) is 31.0 Å². The Morgan fingerprint density at radius 3 is 2.74 bits per heavy atom. The van der Waals surface area contributed by atoms with Crippen LogP contribution in [0.25, 0.3) is 0 Å². The minimum Gasteiger partial charge on any atom is -0.482 e. The van der Waals surface area contributed by atoms with Crippen molar-refractivity contribution in [3.8, 4) is 5.75 Å². The third-order valence-electron chi connectivity index (χ3n) is 2.41. The second kappa shape index (κ2) is 8.53.